The number of H-pyrrole nitrogens is 1. The molecular formula is C14H23N3O2. The van der Waals surface area contributed by atoms with Gasteiger partial charge in [0.2, 0.25) is 0 Å². The minimum atomic E-state index is 0.0803. The molecule has 1 unspecified atom stereocenters. The molecule has 0 radical (unpaired) electrons. The number of hydrogen-bond donors (Lipinski definition) is 1. The number of aryl methyl sites for hydroxylation is 1. The number of piperidine rings is 1. The van der Waals surface area contributed by atoms with Crippen LogP contribution in [0.1, 0.15) is 54.4 Å². The van der Waals surface area contributed by atoms with Crippen molar-refractivity contribution in [1.82, 2.24) is 15.1 Å². The van der Waals surface area contributed by atoms with E-state index in [2.05, 4.69) is 24.0 Å². The number of aromatic nitrogens is 2. The van der Waals surface area contributed by atoms with Crippen molar-refractivity contribution >= 4 is 5.91 Å². The van der Waals surface area contributed by atoms with E-state index in [0.717, 1.165) is 36.3 Å². The fourth-order valence-electron chi connectivity index (χ4n) is 2.61. The molecule has 2 rings (SSSR count). The van der Waals surface area contributed by atoms with E-state index in [0.29, 0.717) is 6.54 Å². The first-order chi connectivity index (χ1) is 9.04. The van der Waals surface area contributed by atoms with Crippen LogP contribution in [0.5, 0.6) is 0 Å². The van der Waals surface area contributed by atoms with E-state index in [1.165, 1.54) is 0 Å². The number of methoxy groups -OCH3 is 1. The van der Waals surface area contributed by atoms with Crippen LogP contribution < -0.4 is 0 Å². The van der Waals surface area contributed by atoms with Crippen LogP contribution >= 0.6 is 0 Å². The van der Waals surface area contributed by atoms with Crippen molar-refractivity contribution in [3.05, 3.63) is 17.0 Å². The van der Waals surface area contributed by atoms with E-state index in [-0.39, 0.29) is 17.9 Å². The maximum absolute atomic E-state index is 12.7. The third kappa shape index (κ3) is 2.81. The molecule has 0 aromatic carbocycles. The second-order valence-corrected chi connectivity index (χ2v) is 5.51. The van der Waals surface area contributed by atoms with Crippen LogP contribution in [0, 0.1) is 6.92 Å². The van der Waals surface area contributed by atoms with Gasteiger partial charge < -0.3 is 9.64 Å². The summed E-state index contributed by atoms with van der Waals surface area (Å²) in [5, 5.41) is 7.20. The Kier molecular flexibility index (Phi) is 4.24. The number of ether oxygens (including phenoxy) is 1. The van der Waals surface area contributed by atoms with Crippen molar-refractivity contribution < 1.29 is 9.53 Å². The number of carbonyl (C=O) groups excluding carboxylic acids is 1. The van der Waals surface area contributed by atoms with Crippen molar-refractivity contribution in [2.24, 2.45) is 0 Å². The van der Waals surface area contributed by atoms with Gasteiger partial charge in [-0.15, -0.1) is 0 Å². The summed E-state index contributed by atoms with van der Waals surface area (Å²) in [6.07, 6.45) is 2.19. The minimum absolute atomic E-state index is 0.0803. The van der Waals surface area contributed by atoms with E-state index in [1.807, 2.05) is 11.8 Å². The molecule has 5 nitrogen and oxygen atoms in total. The highest BCUT2D eigenvalue weighted by atomic mass is 16.5. The molecule has 1 fully saturated rings. The third-order valence-corrected chi connectivity index (χ3v) is 3.73. The summed E-state index contributed by atoms with van der Waals surface area (Å²) in [6, 6.07) is 0. The van der Waals surface area contributed by atoms with Crippen molar-refractivity contribution in [2.75, 3.05) is 20.2 Å². The largest absolute Gasteiger partial charge is 0.380 e. The lowest BCUT2D eigenvalue weighted by molar-refractivity contribution is 0.0268. The number of likely N-dealkylation sites (tertiary alicyclic amines) is 1. The van der Waals surface area contributed by atoms with E-state index in [9.17, 15) is 4.79 Å². The summed E-state index contributed by atoms with van der Waals surface area (Å²) >= 11 is 0. The summed E-state index contributed by atoms with van der Waals surface area (Å²) < 4.78 is 5.38. The van der Waals surface area contributed by atoms with Gasteiger partial charge in [0.25, 0.3) is 5.91 Å². The number of nitrogens with one attached hydrogen (secondary N) is 1. The minimum Gasteiger partial charge on any atom is -0.380 e. The molecule has 1 aromatic heterocycles. The molecule has 1 aliphatic rings. The zero-order valence-electron chi connectivity index (χ0n) is 12.2. The van der Waals surface area contributed by atoms with Crippen molar-refractivity contribution in [3.8, 4) is 0 Å². The van der Waals surface area contributed by atoms with Crippen molar-refractivity contribution in [2.45, 2.75) is 45.6 Å². The number of nitrogens with zero attached hydrogens (tertiary/aromatic N) is 2. The average molecular weight is 265 g/mol. The van der Waals surface area contributed by atoms with Crippen LogP contribution in [-0.4, -0.2) is 47.3 Å². The topological polar surface area (TPSA) is 58.2 Å². The van der Waals surface area contributed by atoms with Crippen LogP contribution in [0.15, 0.2) is 0 Å². The third-order valence-electron chi connectivity index (χ3n) is 3.73. The lowest BCUT2D eigenvalue weighted by atomic mass is 10.0. The molecule has 0 bridgehead atoms. The summed E-state index contributed by atoms with van der Waals surface area (Å²) in [5.41, 5.74) is 2.46. The first-order valence-electron chi connectivity index (χ1n) is 6.91. The van der Waals surface area contributed by atoms with Gasteiger partial charge in [-0.25, -0.2) is 0 Å². The van der Waals surface area contributed by atoms with Gasteiger partial charge in [-0.3, -0.25) is 9.89 Å². The standard InChI is InChI=1S/C14H23N3O2/c1-9(2)13-12(10(3)15-16-13)14(18)17-7-5-6-11(8-17)19-4/h9,11H,5-8H2,1-4H3,(H,15,16). The Balaban J connectivity index is 2.21. The highest BCUT2D eigenvalue weighted by Gasteiger charge is 2.28. The Morgan fingerprint density at radius 3 is 2.89 bits per heavy atom. The number of aromatic amines is 1. The Hall–Kier alpha value is -1.36. The molecule has 106 valence electrons. The molecule has 19 heavy (non-hydrogen) atoms. The van der Waals surface area contributed by atoms with Crippen molar-refractivity contribution in [3.63, 3.8) is 0 Å². The van der Waals surface area contributed by atoms with Gasteiger partial charge in [-0.2, -0.15) is 5.10 Å². The summed E-state index contributed by atoms with van der Waals surface area (Å²) in [7, 11) is 1.71. The average Bonchev–Trinajstić information content (AvgIpc) is 2.80. The Morgan fingerprint density at radius 2 is 2.26 bits per heavy atom. The Morgan fingerprint density at radius 1 is 1.53 bits per heavy atom. The number of hydrogen-bond acceptors (Lipinski definition) is 3. The fraction of sp³-hybridized carbons (Fsp3) is 0.714. The quantitative estimate of drug-likeness (QED) is 0.910. The van der Waals surface area contributed by atoms with Gasteiger partial charge in [0.05, 0.1) is 17.4 Å². The van der Waals surface area contributed by atoms with E-state index in [4.69, 9.17) is 4.74 Å². The Bertz CT molecular complexity index is 454. The van der Waals surface area contributed by atoms with Crippen LogP contribution in [0.3, 0.4) is 0 Å². The molecule has 1 aromatic rings. The molecule has 0 spiro atoms. The molecule has 1 amide bonds. The molecule has 0 saturated carbocycles. The van der Waals surface area contributed by atoms with E-state index in [1.54, 1.807) is 7.11 Å². The highest BCUT2D eigenvalue weighted by molar-refractivity contribution is 5.96. The highest BCUT2D eigenvalue weighted by Crippen LogP contribution is 2.23. The first-order valence-corrected chi connectivity index (χ1v) is 6.91. The van der Waals surface area contributed by atoms with Gasteiger partial charge in [0.1, 0.15) is 0 Å². The lowest BCUT2D eigenvalue weighted by Crippen LogP contribution is -2.43. The lowest BCUT2D eigenvalue weighted by Gasteiger charge is -2.32. The smallest absolute Gasteiger partial charge is 0.257 e. The number of rotatable bonds is 3. The first kappa shape index (κ1) is 14.1. The molecule has 1 N–H and O–H groups in total. The molecule has 1 aliphatic heterocycles. The molecular weight excluding hydrogens is 242 g/mol. The summed E-state index contributed by atoms with van der Waals surface area (Å²) in [4.78, 5) is 14.6. The molecule has 1 atom stereocenters. The summed E-state index contributed by atoms with van der Waals surface area (Å²) in [6.45, 7) is 7.50. The van der Waals surface area contributed by atoms with Crippen LogP contribution in [0.25, 0.3) is 0 Å². The SMILES string of the molecule is COC1CCCN(C(=O)c2c(C(C)C)n[nH]c2C)C1. The van der Waals surface area contributed by atoms with Crippen molar-refractivity contribution in [1.29, 1.82) is 0 Å². The molecule has 1 saturated heterocycles. The monoisotopic (exact) mass is 265 g/mol. The van der Waals surface area contributed by atoms with Gasteiger partial charge in [0, 0.05) is 25.9 Å². The zero-order valence-corrected chi connectivity index (χ0v) is 12.2. The number of carbonyl (C=O) groups is 1. The zero-order chi connectivity index (χ0) is 14.0. The van der Waals surface area contributed by atoms with Crippen LogP contribution in [0.2, 0.25) is 0 Å². The van der Waals surface area contributed by atoms with E-state index < -0.39 is 0 Å². The molecule has 5 heteroatoms. The van der Waals surface area contributed by atoms with Gasteiger partial charge >= 0.3 is 0 Å². The van der Waals surface area contributed by atoms with Crippen LogP contribution in [-0.2, 0) is 4.74 Å². The molecule has 0 aliphatic carbocycles. The summed E-state index contributed by atoms with van der Waals surface area (Å²) in [5.74, 6) is 0.323. The maximum Gasteiger partial charge on any atom is 0.257 e. The van der Waals surface area contributed by atoms with Gasteiger partial charge in [-0.1, -0.05) is 13.8 Å². The van der Waals surface area contributed by atoms with E-state index >= 15 is 0 Å². The second-order valence-electron chi connectivity index (χ2n) is 5.51. The molecule has 2 heterocycles. The fourth-order valence-corrected chi connectivity index (χ4v) is 2.61. The normalized spacial score (nSPS) is 20.1. The van der Waals surface area contributed by atoms with Gasteiger partial charge in [-0.05, 0) is 25.7 Å². The predicted octanol–water partition coefficient (Wildman–Crippen LogP) is 2.09. The maximum atomic E-state index is 12.7. The predicted molar refractivity (Wildman–Crippen MR) is 73.3 cm³/mol. The number of amides is 1. The van der Waals surface area contributed by atoms with Gasteiger partial charge in [0.15, 0.2) is 0 Å². The van der Waals surface area contributed by atoms with Crippen LogP contribution in [0.4, 0.5) is 0 Å². The second kappa shape index (κ2) is 5.74. The Labute approximate surface area is 114 Å².